The summed E-state index contributed by atoms with van der Waals surface area (Å²) in [7, 11) is 0. The highest BCUT2D eigenvalue weighted by atomic mass is 127. The monoisotopic (exact) mass is 466 g/mol. The normalized spacial score (nSPS) is 21.2. The minimum atomic E-state index is 0. The molecular weight excluding hydrogens is 439 g/mol. The molecule has 0 aliphatic carbocycles. The van der Waals surface area contributed by atoms with Gasteiger partial charge in [0.25, 0.3) is 0 Å². The molecule has 0 saturated carbocycles. The van der Waals surface area contributed by atoms with Crippen LogP contribution in [0.25, 0.3) is 0 Å². The standard InChI is InChI=1S/C16H26N4S2.HI/c17-16(20-7-10-21-11-8-20)18-12-14-3-5-19(6-4-14)13-15-2-1-9-22-15;/h1-2,9,14H,3-8,10-13H2,(H2,17,18);1H. The molecule has 0 bridgehead atoms. The van der Waals surface area contributed by atoms with Crippen molar-refractivity contribution in [3.05, 3.63) is 22.4 Å². The maximum Gasteiger partial charge on any atom is 0.191 e. The van der Waals surface area contributed by atoms with Crippen molar-refractivity contribution in [3.8, 4) is 0 Å². The average molecular weight is 466 g/mol. The molecule has 0 amide bonds. The highest BCUT2D eigenvalue weighted by molar-refractivity contribution is 14.0. The lowest BCUT2D eigenvalue weighted by Crippen LogP contribution is -2.43. The summed E-state index contributed by atoms with van der Waals surface area (Å²) in [6.07, 6.45) is 2.50. The fourth-order valence-corrected chi connectivity index (χ4v) is 4.71. The second-order valence-electron chi connectivity index (χ2n) is 6.10. The SMILES string of the molecule is I.NC(=NCC1CCN(Cc2cccs2)CC1)N1CCSCC1. The largest absolute Gasteiger partial charge is 0.370 e. The Kier molecular flexibility index (Phi) is 8.49. The van der Waals surface area contributed by atoms with Gasteiger partial charge in [-0.05, 0) is 43.3 Å². The fraction of sp³-hybridized carbons (Fsp3) is 0.688. The van der Waals surface area contributed by atoms with Crippen molar-refractivity contribution in [3.63, 3.8) is 0 Å². The third-order valence-corrected chi connectivity index (χ3v) is 6.32. The molecule has 3 heterocycles. The number of aliphatic imine (C=N–C) groups is 1. The molecule has 7 heteroatoms. The number of thioether (sulfide) groups is 1. The van der Waals surface area contributed by atoms with Crippen LogP contribution in [0.5, 0.6) is 0 Å². The maximum atomic E-state index is 6.14. The van der Waals surface area contributed by atoms with Crippen molar-refractivity contribution >= 4 is 53.0 Å². The molecule has 4 nitrogen and oxygen atoms in total. The van der Waals surface area contributed by atoms with E-state index in [2.05, 4.69) is 32.3 Å². The molecule has 2 fully saturated rings. The predicted molar refractivity (Wildman–Crippen MR) is 113 cm³/mol. The number of likely N-dealkylation sites (tertiary alicyclic amines) is 1. The van der Waals surface area contributed by atoms with Gasteiger partial charge in [0.1, 0.15) is 0 Å². The number of rotatable bonds is 4. The molecule has 2 saturated heterocycles. The molecule has 1 aromatic rings. The van der Waals surface area contributed by atoms with Gasteiger partial charge in [0.15, 0.2) is 5.96 Å². The van der Waals surface area contributed by atoms with Crippen LogP contribution in [-0.4, -0.2) is 60.0 Å². The molecule has 0 unspecified atom stereocenters. The number of nitrogens with zero attached hydrogens (tertiary/aromatic N) is 3. The summed E-state index contributed by atoms with van der Waals surface area (Å²) in [6.45, 7) is 6.51. The first-order chi connectivity index (χ1) is 10.8. The molecule has 130 valence electrons. The zero-order valence-corrected chi connectivity index (χ0v) is 17.5. The van der Waals surface area contributed by atoms with Gasteiger partial charge in [0.05, 0.1) is 0 Å². The highest BCUT2D eigenvalue weighted by Gasteiger charge is 2.20. The van der Waals surface area contributed by atoms with Crippen LogP contribution in [0.2, 0.25) is 0 Å². The zero-order valence-electron chi connectivity index (χ0n) is 13.5. The Labute approximate surface area is 164 Å². The maximum absolute atomic E-state index is 6.14. The Morgan fingerprint density at radius 3 is 2.61 bits per heavy atom. The smallest absolute Gasteiger partial charge is 0.191 e. The third kappa shape index (κ3) is 6.10. The van der Waals surface area contributed by atoms with E-state index in [1.807, 2.05) is 23.1 Å². The van der Waals surface area contributed by atoms with Crippen LogP contribution < -0.4 is 5.73 Å². The Morgan fingerprint density at radius 1 is 1.22 bits per heavy atom. The van der Waals surface area contributed by atoms with Crippen molar-refractivity contribution < 1.29 is 0 Å². The molecule has 0 atom stereocenters. The minimum Gasteiger partial charge on any atom is -0.370 e. The Balaban J connectivity index is 0.00000192. The van der Waals surface area contributed by atoms with Gasteiger partial charge in [0.2, 0.25) is 0 Å². The Morgan fingerprint density at radius 2 is 1.96 bits per heavy atom. The lowest BCUT2D eigenvalue weighted by atomic mass is 9.97. The average Bonchev–Trinajstić information content (AvgIpc) is 3.08. The van der Waals surface area contributed by atoms with Crippen LogP contribution in [-0.2, 0) is 6.54 Å². The molecule has 0 radical (unpaired) electrons. The van der Waals surface area contributed by atoms with Crippen LogP contribution in [0.15, 0.2) is 22.5 Å². The first kappa shape index (κ1) is 19.3. The summed E-state index contributed by atoms with van der Waals surface area (Å²) >= 11 is 3.87. The number of halogens is 1. The number of hydrogen-bond acceptors (Lipinski definition) is 4. The van der Waals surface area contributed by atoms with Crippen molar-refractivity contribution in [2.75, 3.05) is 44.2 Å². The van der Waals surface area contributed by atoms with Crippen LogP contribution >= 0.6 is 47.1 Å². The summed E-state index contributed by atoms with van der Waals surface area (Å²) in [5.74, 6) is 3.83. The fourth-order valence-electron chi connectivity index (χ4n) is 3.07. The zero-order chi connectivity index (χ0) is 15.2. The van der Waals surface area contributed by atoms with Gasteiger partial charge in [-0.25, -0.2) is 0 Å². The van der Waals surface area contributed by atoms with Gasteiger partial charge in [0, 0.05) is 42.6 Å². The van der Waals surface area contributed by atoms with Crippen molar-refractivity contribution in [1.29, 1.82) is 0 Å². The Hall–Kier alpha value is 0.0100. The predicted octanol–water partition coefficient (Wildman–Crippen LogP) is 2.94. The van der Waals surface area contributed by atoms with E-state index in [-0.39, 0.29) is 24.0 Å². The quantitative estimate of drug-likeness (QED) is 0.421. The lowest BCUT2D eigenvalue weighted by molar-refractivity contribution is 0.182. The van der Waals surface area contributed by atoms with E-state index in [9.17, 15) is 0 Å². The number of piperidine rings is 1. The molecule has 0 spiro atoms. The van der Waals surface area contributed by atoms with Gasteiger partial charge in [-0.15, -0.1) is 35.3 Å². The highest BCUT2D eigenvalue weighted by Crippen LogP contribution is 2.21. The van der Waals surface area contributed by atoms with Crippen LogP contribution in [0.1, 0.15) is 17.7 Å². The number of hydrogen-bond donors (Lipinski definition) is 1. The topological polar surface area (TPSA) is 44.9 Å². The van der Waals surface area contributed by atoms with E-state index in [1.165, 1.54) is 42.3 Å². The molecule has 3 rings (SSSR count). The second-order valence-corrected chi connectivity index (χ2v) is 8.35. The summed E-state index contributed by atoms with van der Waals surface area (Å²) in [4.78, 5) is 10.9. The molecular formula is C16H27IN4S2. The first-order valence-electron chi connectivity index (χ1n) is 8.18. The van der Waals surface area contributed by atoms with Gasteiger partial charge >= 0.3 is 0 Å². The minimum absolute atomic E-state index is 0. The molecule has 23 heavy (non-hydrogen) atoms. The van der Waals surface area contributed by atoms with Gasteiger partial charge in [-0.2, -0.15) is 11.8 Å². The summed E-state index contributed by atoms with van der Waals surface area (Å²) < 4.78 is 0. The van der Waals surface area contributed by atoms with E-state index in [1.54, 1.807) is 0 Å². The van der Waals surface area contributed by atoms with E-state index in [0.717, 1.165) is 32.1 Å². The molecule has 2 N–H and O–H groups in total. The molecule has 1 aromatic heterocycles. The van der Waals surface area contributed by atoms with Gasteiger partial charge in [-0.3, -0.25) is 9.89 Å². The van der Waals surface area contributed by atoms with Gasteiger partial charge < -0.3 is 10.6 Å². The van der Waals surface area contributed by atoms with Crippen molar-refractivity contribution in [2.45, 2.75) is 19.4 Å². The Bertz CT molecular complexity index is 466. The second kappa shape index (κ2) is 10.1. The molecule has 2 aliphatic rings. The van der Waals surface area contributed by atoms with Crippen molar-refractivity contribution in [1.82, 2.24) is 9.80 Å². The van der Waals surface area contributed by atoms with Gasteiger partial charge in [-0.1, -0.05) is 6.07 Å². The van der Waals surface area contributed by atoms with E-state index >= 15 is 0 Å². The summed E-state index contributed by atoms with van der Waals surface area (Å²) in [6, 6.07) is 4.38. The van der Waals surface area contributed by atoms with Crippen LogP contribution in [0.4, 0.5) is 0 Å². The number of nitrogens with two attached hydrogens (primary N) is 1. The van der Waals surface area contributed by atoms with E-state index in [4.69, 9.17) is 5.73 Å². The van der Waals surface area contributed by atoms with Crippen molar-refractivity contribution in [2.24, 2.45) is 16.6 Å². The number of guanidine groups is 1. The summed E-state index contributed by atoms with van der Waals surface area (Å²) in [5.41, 5.74) is 6.14. The number of thiophene rings is 1. The molecule has 2 aliphatic heterocycles. The van der Waals surface area contributed by atoms with E-state index < -0.39 is 0 Å². The van der Waals surface area contributed by atoms with Crippen LogP contribution in [0, 0.1) is 5.92 Å². The summed E-state index contributed by atoms with van der Waals surface area (Å²) in [5, 5.41) is 2.17. The molecule has 0 aromatic carbocycles. The first-order valence-corrected chi connectivity index (χ1v) is 10.2. The lowest BCUT2D eigenvalue weighted by Gasteiger charge is -2.31. The van der Waals surface area contributed by atoms with E-state index in [0.29, 0.717) is 5.92 Å². The van der Waals surface area contributed by atoms with Crippen LogP contribution in [0.3, 0.4) is 0 Å². The third-order valence-electron chi connectivity index (χ3n) is 4.51.